The molecule has 5 heteroatoms. The number of hydrogen-bond acceptors (Lipinski definition) is 2. The Balaban J connectivity index is 1.83. The van der Waals surface area contributed by atoms with E-state index in [1.807, 2.05) is 48.5 Å². The maximum Gasteiger partial charge on any atom is 0.576 e. The summed E-state index contributed by atoms with van der Waals surface area (Å²) in [4.78, 5) is 0. The summed E-state index contributed by atoms with van der Waals surface area (Å²) in [6.07, 6.45) is 0. The molecule has 2 aromatic rings. The van der Waals surface area contributed by atoms with E-state index < -0.39 is 0 Å². The summed E-state index contributed by atoms with van der Waals surface area (Å²) in [7, 11) is 0.223. The number of benzene rings is 2. The van der Waals surface area contributed by atoms with Crippen molar-refractivity contribution in [1.29, 1.82) is 0 Å². The summed E-state index contributed by atoms with van der Waals surface area (Å²) < 4.78 is 13.3. The zero-order valence-electron chi connectivity index (χ0n) is 8.90. The second-order valence-electron chi connectivity index (χ2n) is 3.31. The average Bonchev–Trinajstić information content (AvgIpc) is 2.34. The van der Waals surface area contributed by atoms with Crippen LogP contribution in [0.25, 0.3) is 0 Å². The van der Waals surface area contributed by atoms with Crippen molar-refractivity contribution in [2.24, 2.45) is 0 Å². The molecule has 86 valence electrons. The standard InChI is InChI=1S/C12H9BI2O2/c14-9-1-5-11(6-2-9)16-13-17-12-7-3-10(15)4-8-12/h1-8,13H. The highest BCUT2D eigenvalue weighted by Crippen LogP contribution is 2.15. The summed E-state index contributed by atoms with van der Waals surface area (Å²) in [6, 6.07) is 15.7. The van der Waals surface area contributed by atoms with E-state index in [2.05, 4.69) is 45.2 Å². The fourth-order valence-corrected chi connectivity index (χ4v) is 1.95. The molecule has 0 heterocycles. The molecule has 0 aliphatic rings. The summed E-state index contributed by atoms with van der Waals surface area (Å²) in [6.45, 7) is 0. The molecule has 0 unspecified atom stereocenters. The third-order valence-electron chi connectivity index (χ3n) is 2.08. The number of hydrogen-bond donors (Lipinski definition) is 0. The van der Waals surface area contributed by atoms with Crippen LogP contribution in [0, 0.1) is 7.14 Å². The van der Waals surface area contributed by atoms with Gasteiger partial charge >= 0.3 is 7.69 Å². The van der Waals surface area contributed by atoms with Gasteiger partial charge < -0.3 is 9.31 Å². The normalized spacial score (nSPS) is 9.76. The fourth-order valence-electron chi connectivity index (χ4n) is 1.23. The number of rotatable bonds is 4. The molecule has 0 aromatic heterocycles. The Hall–Kier alpha value is -0.435. The van der Waals surface area contributed by atoms with Gasteiger partial charge in [-0.25, -0.2) is 0 Å². The lowest BCUT2D eigenvalue weighted by molar-refractivity contribution is 0.459. The lowest BCUT2D eigenvalue weighted by Crippen LogP contribution is -2.10. The van der Waals surface area contributed by atoms with Gasteiger partial charge in [0, 0.05) is 7.14 Å². The topological polar surface area (TPSA) is 18.5 Å². The van der Waals surface area contributed by atoms with E-state index in [1.54, 1.807) is 0 Å². The summed E-state index contributed by atoms with van der Waals surface area (Å²) in [5.74, 6) is 1.63. The first kappa shape index (κ1) is 13.0. The van der Waals surface area contributed by atoms with Crippen LogP contribution in [0.2, 0.25) is 0 Å². The van der Waals surface area contributed by atoms with Crippen LogP contribution in [-0.4, -0.2) is 7.69 Å². The minimum atomic E-state index is 0.223. The van der Waals surface area contributed by atoms with Gasteiger partial charge in [-0.2, -0.15) is 0 Å². The van der Waals surface area contributed by atoms with Gasteiger partial charge in [0.05, 0.1) is 0 Å². The van der Waals surface area contributed by atoms with Crippen LogP contribution >= 0.6 is 45.2 Å². The molecule has 0 saturated carbocycles. The van der Waals surface area contributed by atoms with E-state index in [0.717, 1.165) is 11.5 Å². The molecule has 0 radical (unpaired) electrons. The van der Waals surface area contributed by atoms with E-state index in [0.29, 0.717) is 0 Å². The van der Waals surface area contributed by atoms with Crippen molar-refractivity contribution < 1.29 is 9.31 Å². The fraction of sp³-hybridized carbons (Fsp3) is 0. The maximum atomic E-state index is 5.47. The molecule has 0 N–H and O–H groups in total. The Morgan fingerprint density at radius 1 is 0.647 bits per heavy atom. The largest absolute Gasteiger partial charge is 0.576 e. The molecule has 0 spiro atoms. The van der Waals surface area contributed by atoms with Crippen LogP contribution in [0.5, 0.6) is 11.5 Å². The predicted octanol–water partition coefficient (Wildman–Crippen LogP) is 3.62. The molecule has 0 fully saturated rings. The zero-order valence-corrected chi connectivity index (χ0v) is 13.2. The van der Waals surface area contributed by atoms with Crippen LogP contribution in [0.4, 0.5) is 0 Å². The highest BCUT2D eigenvalue weighted by molar-refractivity contribution is 14.1. The van der Waals surface area contributed by atoms with E-state index >= 15 is 0 Å². The molecular formula is C12H9BI2O2. The van der Waals surface area contributed by atoms with Crippen molar-refractivity contribution in [1.82, 2.24) is 0 Å². The Morgan fingerprint density at radius 2 is 1.00 bits per heavy atom. The van der Waals surface area contributed by atoms with Crippen LogP contribution in [0.1, 0.15) is 0 Å². The predicted molar refractivity (Wildman–Crippen MR) is 86.7 cm³/mol. The highest BCUT2D eigenvalue weighted by Gasteiger charge is 1.99. The van der Waals surface area contributed by atoms with Crippen LogP contribution in [0.3, 0.4) is 0 Å². The van der Waals surface area contributed by atoms with Crippen molar-refractivity contribution in [3.8, 4) is 11.5 Å². The molecule has 0 saturated heterocycles. The first-order valence-electron chi connectivity index (χ1n) is 5.01. The van der Waals surface area contributed by atoms with E-state index in [9.17, 15) is 0 Å². The monoisotopic (exact) mass is 450 g/mol. The SMILES string of the molecule is Ic1ccc(OBOc2ccc(I)cc2)cc1. The van der Waals surface area contributed by atoms with Gasteiger partial charge in [-0.05, 0) is 93.7 Å². The molecular weight excluding hydrogens is 441 g/mol. The molecule has 0 aliphatic heterocycles. The molecule has 2 aromatic carbocycles. The summed E-state index contributed by atoms with van der Waals surface area (Å²) in [5, 5.41) is 0. The van der Waals surface area contributed by atoms with Gasteiger partial charge in [-0.1, -0.05) is 0 Å². The second-order valence-corrected chi connectivity index (χ2v) is 5.81. The Bertz CT molecular complexity index is 425. The van der Waals surface area contributed by atoms with Gasteiger partial charge in [0.25, 0.3) is 0 Å². The summed E-state index contributed by atoms with van der Waals surface area (Å²) in [5.41, 5.74) is 0. The minimum absolute atomic E-state index is 0.223. The molecule has 0 aliphatic carbocycles. The van der Waals surface area contributed by atoms with Gasteiger partial charge in [0.15, 0.2) is 0 Å². The van der Waals surface area contributed by atoms with Crippen molar-refractivity contribution >= 4 is 52.9 Å². The third-order valence-corrected chi connectivity index (χ3v) is 3.52. The van der Waals surface area contributed by atoms with Crippen LogP contribution in [0.15, 0.2) is 48.5 Å². The lowest BCUT2D eigenvalue weighted by Gasteiger charge is -2.07. The van der Waals surface area contributed by atoms with Gasteiger partial charge in [0.1, 0.15) is 11.5 Å². The van der Waals surface area contributed by atoms with E-state index in [-0.39, 0.29) is 7.69 Å². The van der Waals surface area contributed by atoms with Crippen LogP contribution < -0.4 is 9.31 Å². The first-order chi connectivity index (χ1) is 8.24. The number of halogens is 2. The van der Waals surface area contributed by atoms with Crippen molar-refractivity contribution in [3.63, 3.8) is 0 Å². The average molecular weight is 450 g/mol. The van der Waals surface area contributed by atoms with E-state index in [1.165, 1.54) is 7.14 Å². The molecule has 2 nitrogen and oxygen atoms in total. The van der Waals surface area contributed by atoms with Crippen molar-refractivity contribution in [2.45, 2.75) is 0 Å². The Kier molecular flexibility index (Phi) is 4.96. The molecule has 0 bridgehead atoms. The quantitative estimate of drug-likeness (QED) is 0.524. The van der Waals surface area contributed by atoms with Gasteiger partial charge in [-0.15, -0.1) is 0 Å². The minimum Gasteiger partial charge on any atom is -0.529 e. The maximum absolute atomic E-state index is 5.47. The lowest BCUT2D eigenvalue weighted by atomic mass is 10.3. The molecule has 2 rings (SSSR count). The highest BCUT2D eigenvalue weighted by atomic mass is 127. The molecule has 17 heavy (non-hydrogen) atoms. The Morgan fingerprint density at radius 3 is 1.35 bits per heavy atom. The van der Waals surface area contributed by atoms with Gasteiger partial charge in [-0.3, -0.25) is 0 Å². The summed E-state index contributed by atoms with van der Waals surface area (Å²) >= 11 is 4.52. The zero-order chi connectivity index (χ0) is 12.1. The molecule has 0 atom stereocenters. The Labute approximate surface area is 128 Å². The molecule has 0 amide bonds. The van der Waals surface area contributed by atoms with Gasteiger partial charge in [0.2, 0.25) is 0 Å². The second kappa shape index (κ2) is 6.48. The van der Waals surface area contributed by atoms with Crippen molar-refractivity contribution in [2.75, 3.05) is 0 Å². The first-order valence-corrected chi connectivity index (χ1v) is 7.16. The van der Waals surface area contributed by atoms with E-state index in [4.69, 9.17) is 9.31 Å². The van der Waals surface area contributed by atoms with Crippen LogP contribution in [-0.2, 0) is 0 Å². The smallest absolute Gasteiger partial charge is 0.529 e. The van der Waals surface area contributed by atoms with Crippen molar-refractivity contribution in [3.05, 3.63) is 55.7 Å². The third kappa shape index (κ3) is 4.38.